The number of aromatic hydroxyl groups is 1. The monoisotopic (exact) mass is 455 g/mol. The Morgan fingerprint density at radius 2 is 1.70 bits per heavy atom. The van der Waals surface area contributed by atoms with Crippen LogP contribution in [0.25, 0.3) is 0 Å². The van der Waals surface area contributed by atoms with Gasteiger partial charge in [-0.3, -0.25) is 4.90 Å². The molecule has 5 rings (SSSR count). The number of methoxy groups -OCH3 is 1. The Morgan fingerprint density at radius 1 is 1.03 bits per heavy atom. The van der Waals surface area contributed by atoms with Gasteiger partial charge in [0.15, 0.2) is 0 Å². The topological polar surface area (TPSA) is 41.9 Å². The highest BCUT2D eigenvalue weighted by atomic mass is 16.5. The van der Waals surface area contributed by atoms with Crippen molar-refractivity contribution in [1.82, 2.24) is 4.90 Å². The number of phenols is 1. The summed E-state index contributed by atoms with van der Waals surface area (Å²) in [5.41, 5.74) is 3.04. The van der Waals surface area contributed by atoms with Gasteiger partial charge in [-0.15, -0.1) is 0 Å². The maximum absolute atomic E-state index is 11.3. The second-order valence-electron chi connectivity index (χ2n) is 13.5. The first-order valence-electron chi connectivity index (χ1n) is 13.0. The van der Waals surface area contributed by atoms with E-state index in [0.717, 1.165) is 37.0 Å². The highest BCUT2D eigenvalue weighted by Gasteiger charge is 2.68. The van der Waals surface area contributed by atoms with Gasteiger partial charge in [0, 0.05) is 41.2 Å². The van der Waals surface area contributed by atoms with Crippen molar-refractivity contribution in [2.75, 3.05) is 14.2 Å². The molecule has 0 bridgehead atoms. The summed E-state index contributed by atoms with van der Waals surface area (Å²) in [7, 11) is 4.07. The number of hydrogen-bond donors (Lipinski definition) is 1. The number of hydrogen-bond acceptors (Lipinski definition) is 4. The molecule has 2 aliphatic carbocycles. The maximum Gasteiger partial charge on any atom is 0.132 e. The van der Waals surface area contributed by atoms with Crippen LogP contribution < -0.4 is 4.74 Å². The molecule has 0 amide bonds. The molecule has 2 heterocycles. The summed E-state index contributed by atoms with van der Waals surface area (Å²) in [6.07, 6.45) is 5.65. The van der Waals surface area contributed by atoms with E-state index < -0.39 is 0 Å². The van der Waals surface area contributed by atoms with Gasteiger partial charge in [0.1, 0.15) is 17.1 Å². The fourth-order valence-corrected chi connectivity index (χ4v) is 9.03. The molecule has 33 heavy (non-hydrogen) atoms. The molecule has 2 saturated carbocycles. The quantitative estimate of drug-likeness (QED) is 0.534. The molecule has 0 radical (unpaired) electrons. The van der Waals surface area contributed by atoms with Crippen molar-refractivity contribution in [1.29, 1.82) is 0 Å². The lowest BCUT2D eigenvalue weighted by Gasteiger charge is -2.64. The third-order valence-corrected chi connectivity index (χ3v) is 11.4. The second-order valence-corrected chi connectivity index (χ2v) is 13.5. The van der Waals surface area contributed by atoms with Crippen molar-refractivity contribution in [3.8, 4) is 11.5 Å². The van der Waals surface area contributed by atoms with Gasteiger partial charge in [-0.05, 0) is 89.3 Å². The zero-order valence-corrected chi connectivity index (χ0v) is 22.6. The van der Waals surface area contributed by atoms with Crippen molar-refractivity contribution < 1.29 is 14.6 Å². The van der Waals surface area contributed by atoms with E-state index in [1.54, 1.807) is 0 Å². The van der Waals surface area contributed by atoms with Crippen LogP contribution in [0.5, 0.6) is 11.5 Å². The Morgan fingerprint density at radius 3 is 2.33 bits per heavy atom. The summed E-state index contributed by atoms with van der Waals surface area (Å²) in [5, 5.41) is 11.3. The van der Waals surface area contributed by atoms with Crippen LogP contribution in [0.4, 0.5) is 0 Å². The Balaban J connectivity index is 1.68. The molecule has 5 unspecified atom stereocenters. The van der Waals surface area contributed by atoms with E-state index in [2.05, 4.69) is 67.3 Å². The van der Waals surface area contributed by atoms with Crippen LogP contribution in [0.3, 0.4) is 0 Å². The molecule has 2 aliphatic heterocycles. The lowest BCUT2D eigenvalue weighted by Crippen LogP contribution is -2.66. The molecule has 0 saturated heterocycles. The third kappa shape index (κ3) is 2.60. The predicted octanol–water partition coefficient (Wildman–Crippen LogP) is 6.37. The molecular weight excluding hydrogens is 410 g/mol. The van der Waals surface area contributed by atoms with Crippen molar-refractivity contribution in [2.45, 2.75) is 110 Å². The molecular formula is C29H45NO3. The molecule has 4 nitrogen and oxygen atoms in total. The summed E-state index contributed by atoms with van der Waals surface area (Å²) in [6.45, 7) is 18.8. The summed E-state index contributed by atoms with van der Waals surface area (Å²) in [4.78, 5) is 2.43. The Kier molecular flexibility index (Phi) is 4.76. The molecule has 0 aromatic heterocycles. The molecule has 1 N–H and O–H groups in total. The van der Waals surface area contributed by atoms with Gasteiger partial charge >= 0.3 is 0 Å². The van der Waals surface area contributed by atoms with E-state index in [0.29, 0.717) is 17.6 Å². The lowest BCUT2D eigenvalue weighted by molar-refractivity contribution is -0.215. The molecule has 2 fully saturated rings. The normalized spacial score (nSPS) is 40.2. The van der Waals surface area contributed by atoms with Gasteiger partial charge in [-0.2, -0.15) is 0 Å². The van der Waals surface area contributed by atoms with Crippen LogP contribution in [-0.2, 0) is 22.2 Å². The third-order valence-electron chi connectivity index (χ3n) is 11.4. The largest absolute Gasteiger partial charge is 0.508 e. The van der Waals surface area contributed by atoms with E-state index in [9.17, 15) is 5.11 Å². The minimum atomic E-state index is -0.289. The maximum atomic E-state index is 11.3. The van der Waals surface area contributed by atoms with Gasteiger partial charge in [0.25, 0.3) is 0 Å². The van der Waals surface area contributed by atoms with Crippen LogP contribution in [0.2, 0.25) is 0 Å². The zero-order valence-electron chi connectivity index (χ0n) is 22.6. The van der Waals surface area contributed by atoms with Crippen molar-refractivity contribution in [3.05, 3.63) is 22.8 Å². The van der Waals surface area contributed by atoms with E-state index in [1.807, 2.05) is 13.2 Å². The van der Waals surface area contributed by atoms with E-state index in [4.69, 9.17) is 9.47 Å². The lowest BCUT2D eigenvalue weighted by atomic mass is 9.43. The fourth-order valence-electron chi connectivity index (χ4n) is 9.03. The van der Waals surface area contributed by atoms with Gasteiger partial charge in [-0.25, -0.2) is 0 Å². The van der Waals surface area contributed by atoms with Gasteiger partial charge in [-0.1, -0.05) is 27.7 Å². The SMILES string of the molecule is COC1CCC2(C)C(CCC(C)C23Cc2c(O)cc4c(c2O3)C(C)(C)N(C)C4(C)C)C1(C)C. The van der Waals surface area contributed by atoms with Gasteiger partial charge in [0.05, 0.1) is 6.10 Å². The fraction of sp³-hybridized carbons (Fsp3) is 0.793. The average Bonchev–Trinajstić information content (AvgIpc) is 3.18. The van der Waals surface area contributed by atoms with Gasteiger partial charge < -0.3 is 14.6 Å². The first-order valence-corrected chi connectivity index (χ1v) is 13.0. The minimum Gasteiger partial charge on any atom is -0.508 e. The second kappa shape index (κ2) is 6.69. The summed E-state index contributed by atoms with van der Waals surface area (Å²) in [5.74, 6) is 2.36. The minimum absolute atomic E-state index is 0.0334. The smallest absolute Gasteiger partial charge is 0.132 e. The first kappa shape index (κ1) is 23.5. The van der Waals surface area contributed by atoms with E-state index >= 15 is 0 Å². The first-order chi connectivity index (χ1) is 15.2. The molecule has 1 aromatic carbocycles. The predicted molar refractivity (Wildman–Crippen MR) is 133 cm³/mol. The number of rotatable bonds is 1. The van der Waals surface area contributed by atoms with Gasteiger partial charge in [0.2, 0.25) is 0 Å². The van der Waals surface area contributed by atoms with Crippen LogP contribution >= 0.6 is 0 Å². The highest BCUT2D eigenvalue weighted by Crippen LogP contribution is 2.68. The highest BCUT2D eigenvalue weighted by molar-refractivity contribution is 5.63. The van der Waals surface area contributed by atoms with Crippen molar-refractivity contribution >= 4 is 0 Å². The Labute approximate surface area is 201 Å². The van der Waals surface area contributed by atoms with Crippen LogP contribution in [0.1, 0.15) is 97.8 Å². The molecule has 1 aromatic rings. The molecule has 4 aliphatic rings. The molecule has 184 valence electrons. The molecule has 5 atom stereocenters. The molecule has 1 spiro atoms. The number of phenolic OH excluding ortho intramolecular Hbond substituents is 1. The standard InChI is InChI=1S/C29H45NO3/c1-17-11-12-21-25(2,3)22(32-10)13-14-28(21,8)29(17)16-18-20(31)15-19-23(24(18)33-29)27(6,7)30(9)26(19,4)5/h15,17,21-22,31H,11-14,16H2,1-10H3. The summed E-state index contributed by atoms with van der Waals surface area (Å²) < 4.78 is 13.4. The van der Waals surface area contributed by atoms with Crippen molar-refractivity contribution in [3.63, 3.8) is 0 Å². The van der Waals surface area contributed by atoms with Crippen LogP contribution in [0, 0.1) is 22.7 Å². The van der Waals surface area contributed by atoms with E-state index in [-0.39, 0.29) is 33.6 Å². The molecule has 4 heteroatoms. The summed E-state index contributed by atoms with van der Waals surface area (Å²) >= 11 is 0. The van der Waals surface area contributed by atoms with E-state index in [1.165, 1.54) is 17.5 Å². The van der Waals surface area contributed by atoms with Crippen molar-refractivity contribution in [2.24, 2.45) is 22.7 Å². The zero-order chi connectivity index (χ0) is 24.4. The number of nitrogens with zero attached hydrogens (tertiary/aromatic N) is 1. The number of benzene rings is 1. The number of ether oxygens (including phenoxy) is 2. The Hall–Kier alpha value is -1.26. The van der Waals surface area contributed by atoms with Crippen LogP contribution in [-0.4, -0.2) is 35.9 Å². The number of fused-ring (bicyclic) bond motifs is 5. The van der Waals surface area contributed by atoms with Crippen LogP contribution in [0.15, 0.2) is 6.07 Å². The Bertz CT molecular complexity index is 995. The average molecular weight is 456 g/mol. The summed E-state index contributed by atoms with van der Waals surface area (Å²) in [6, 6.07) is 2.04.